The zero-order chi connectivity index (χ0) is 18.4. The average molecular weight is 341 g/mol. The van der Waals surface area contributed by atoms with Gasteiger partial charge in [-0.3, -0.25) is 4.79 Å². The molecule has 4 nitrogen and oxygen atoms in total. The van der Waals surface area contributed by atoms with Crippen molar-refractivity contribution in [3.63, 3.8) is 0 Å². The van der Waals surface area contributed by atoms with E-state index in [1.165, 1.54) is 0 Å². The summed E-state index contributed by atoms with van der Waals surface area (Å²) in [5, 5.41) is 3.04. The summed E-state index contributed by atoms with van der Waals surface area (Å²) in [7, 11) is 3.22. The fourth-order valence-corrected chi connectivity index (χ4v) is 2.75. The van der Waals surface area contributed by atoms with Gasteiger partial charge in [-0.25, -0.2) is 0 Å². The number of aryl methyl sites for hydroxylation is 1. The standard InChI is InChI=1S/C21H27NO3/c1-21(2,3)16-8-6-7-9-17(16)22-20(23)13-11-15-10-12-18(24-4)19(14-15)25-5/h6-10,12,14H,11,13H2,1-5H3,(H,22,23). The van der Waals surface area contributed by atoms with Crippen molar-refractivity contribution in [1.29, 1.82) is 0 Å². The minimum absolute atomic E-state index is 0.00600. The van der Waals surface area contributed by atoms with E-state index in [1.807, 2.05) is 36.4 Å². The van der Waals surface area contributed by atoms with E-state index in [2.05, 4.69) is 32.2 Å². The summed E-state index contributed by atoms with van der Waals surface area (Å²) < 4.78 is 10.5. The van der Waals surface area contributed by atoms with E-state index in [0.717, 1.165) is 16.8 Å². The van der Waals surface area contributed by atoms with E-state index >= 15 is 0 Å². The van der Waals surface area contributed by atoms with Crippen LogP contribution in [0.2, 0.25) is 0 Å². The van der Waals surface area contributed by atoms with Gasteiger partial charge >= 0.3 is 0 Å². The Morgan fingerprint density at radius 1 is 1.00 bits per heavy atom. The lowest BCUT2D eigenvalue weighted by atomic mass is 9.86. The zero-order valence-corrected chi connectivity index (χ0v) is 15.7. The summed E-state index contributed by atoms with van der Waals surface area (Å²) in [4.78, 5) is 12.4. The molecule has 0 saturated carbocycles. The van der Waals surface area contributed by atoms with Gasteiger partial charge in [-0.05, 0) is 41.2 Å². The highest BCUT2D eigenvalue weighted by Crippen LogP contribution is 2.30. The Morgan fingerprint density at radius 3 is 2.32 bits per heavy atom. The molecule has 0 atom stereocenters. The molecule has 0 fully saturated rings. The fraction of sp³-hybridized carbons (Fsp3) is 0.381. The van der Waals surface area contributed by atoms with Gasteiger partial charge in [0.05, 0.1) is 14.2 Å². The van der Waals surface area contributed by atoms with Crippen LogP contribution in [0.3, 0.4) is 0 Å². The molecule has 0 heterocycles. The third-order valence-corrected chi connectivity index (χ3v) is 4.10. The minimum Gasteiger partial charge on any atom is -0.493 e. The molecule has 2 aromatic rings. The van der Waals surface area contributed by atoms with Crippen LogP contribution in [0.5, 0.6) is 11.5 Å². The number of carbonyl (C=O) groups excluding carboxylic acids is 1. The van der Waals surface area contributed by atoms with Crippen molar-refractivity contribution < 1.29 is 14.3 Å². The van der Waals surface area contributed by atoms with Gasteiger partial charge in [-0.1, -0.05) is 45.0 Å². The number of benzene rings is 2. The molecule has 0 aliphatic heterocycles. The second-order valence-electron chi connectivity index (χ2n) is 7.03. The van der Waals surface area contributed by atoms with Crippen molar-refractivity contribution >= 4 is 11.6 Å². The Balaban J connectivity index is 2.03. The van der Waals surface area contributed by atoms with Crippen LogP contribution in [0.4, 0.5) is 5.69 Å². The van der Waals surface area contributed by atoms with Crippen molar-refractivity contribution in [3.8, 4) is 11.5 Å². The molecular formula is C21H27NO3. The number of methoxy groups -OCH3 is 2. The minimum atomic E-state index is -0.0206. The summed E-state index contributed by atoms with van der Waals surface area (Å²) in [6.45, 7) is 6.42. The maximum Gasteiger partial charge on any atom is 0.224 e. The molecule has 0 aliphatic carbocycles. The molecule has 0 saturated heterocycles. The molecule has 0 bridgehead atoms. The molecule has 25 heavy (non-hydrogen) atoms. The number of ether oxygens (including phenoxy) is 2. The second-order valence-corrected chi connectivity index (χ2v) is 7.03. The molecule has 2 rings (SSSR count). The van der Waals surface area contributed by atoms with Crippen LogP contribution >= 0.6 is 0 Å². The Labute approximate surface area is 150 Å². The topological polar surface area (TPSA) is 47.6 Å². The van der Waals surface area contributed by atoms with Gasteiger partial charge in [0, 0.05) is 12.1 Å². The molecular weight excluding hydrogens is 314 g/mol. The third-order valence-electron chi connectivity index (χ3n) is 4.10. The molecule has 0 aliphatic rings. The van der Waals surface area contributed by atoms with Crippen LogP contribution in [0.1, 0.15) is 38.3 Å². The molecule has 134 valence electrons. The predicted molar refractivity (Wildman–Crippen MR) is 102 cm³/mol. The van der Waals surface area contributed by atoms with Gasteiger partial charge in [-0.2, -0.15) is 0 Å². The quantitative estimate of drug-likeness (QED) is 0.837. The smallest absolute Gasteiger partial charge is 0.224 e. The highest BCUT2D eigenvalue weighted by Gasteiger charge is 2.18. The Morgan fingerprint density at radius 2 is 1.68 bits per heavy atom. The SMILES string of the molecule is COc1ccc(CCC(=O)Nc2ccccc2C(C)(C)C)cc1OC. The number of anilines is 1. The maximum absolute atomic E-state index is 12.4. The summed E-state index contributed by atoms with van der Waals surface area (Å²) >= 11 is 0. The molecule has 0 aromatic heterocycles. The zero-order valence-electron chi connectivity index (χ0n) is 15.7. The Bertz CT molecular complexity index is 732. The summed E-state index contributed by atoms with van der Waals surface area (Å²) in [6, 6.07) is 13.7. The second kappa shape index (κ2) is 8.06. The monoisotopic (exact) mass is 341 g/mol. The molecule has 1 amide bonds. The first-order valence-corrected chi connectivity index (χ1v) is 8.45. The lowest BCUT2D eigenvalue weighted by Crippen LogP contribution is -2.18. The molecule has 0 radical (unpaired) electrons. The average Bonchev–Trinajstić information content (AvgIpc) is 2.59. The maximum atomic E-state index is 12.4. The van der Waals surface area contributed by atoms with E-state index in [1.54, 1.807) is 14.2 Å². The third kappa shape index (κ3) is 4.99. The van der Waals surface area contributed by atoms with Crippen LogP contribution in [0, 0.1) is 0 Å². The van der Waals surface area contributed by atoms with E-state index in [-0.39, 0.29) is 11.3 Å². The number of nitrogens with one attached hydrogen (secondary N) is 1. The number of amides is 1. The number of hydrogen-bond donors (Lipinski definition) is 1. The van der Waals surface area contributed by atoms with Crippen molar-refractivity contribution in [2.45, 2.75) is 39.0 Å². The lowest BCUT2D eigenvalue weighted by molar-refractivity contribution is -0.116. The highest BCUT2D eigenvalue weighted by atomic mass is 16.5. The predicted octanol–water partition coefficient (Wildman–Crippen LogP) is 4.57. The van der Waals surface area contributed by atoms with E-state index in [4.69, 9.17) is 9.47 Å². The van der Waals surface area contributed by atoms with Gasteiger partial charge < -0.3 is 14.8 Å². The number of para-hydroxylation sites is 1. The Hall–Kier alpha value is -2.49. The number of carbonyl (C=O) groups is 1. The number of rotatable bonds is 6. The molecule has 0 spiro atoms. The fourth-order valence-electron chi connectivity index (χ4n) is 2.75. The molecule has 2 aromatic carbocycles. The van der Waals surface area contributed by atoms with Crippen molar-refractivity contribution in [2.24, 2.45) is 0 Å². The van der Waals surface area contributed by atoms with E-state index in [0.29, 0.717) is 24.3 Å². The summed E-state index contributed by atoms with van der Waals surface area (Å²) in [5.74, 6) is 1.37. The van der Waals surface area contributed by atoms with Gasteiger partial charge in [0.15, 0.2) is 11.5 Å². The van der Waals surface area contributed by atoms with Gasteiger partial charge in [0.1, 0.15) is 0 Å². The van der Waals surface area contributed by atoms with E-state index in [9.17, 15) is 4.79 Å². The van der Waals surface area contributed by atoms with Crippen molar-refractivity contribution in [2.75, 3.05) is 19.5 Å². The van der Waals surface area contributed by atoms with Crippen LogP contribution in [-0.4, -0.2) is 20.1 Å². The van der Waals surface area contributed by atoms with Crippen LogP contribution in [0.25, 0.3) is 0 Å². The molecule has 4 heteroatoms. The van der Waals surface area contributed by atoms with Crippen LogP contribution in [-0.2, 0) is 16.6 Å². The first-order chi connectivity index (χ1) is 11.8. The summed E-state index contributed by atoms with van der Waals surface area (Å²) in [5.41, 5.74) is 3.03. The van der Waals surface area contributed by atoms with Crippen LogP contribution in [0.15, 0.2) is 42.5 Å². The van der Waals surface area contributed by atoms with Gasteiger partial charge in [0.25, 0.3) is 0 Å². The van der Waals surface area contributed by atoms with Gasteiger partial charge in [-0.15, -0.1) is 0 Å². The first kappa shape index (κ1) is 18.8. The lowest BCUT2D eigenvalue weighted by Gasteiger charge is -2.23. The Kier molecular flexibility index (Phi) is 6.07. The van der Waals surface area contributed by atoms with Crippen molar-refractivity contribution in [1.82, 2.24) is 0 Å². The number of hydrogen-bond acceptors (Lipinski definition) is 3. The largest absolute Gasteiger partial charge is 0.493 e. The first-order valence-electron chi connectivity index (χ1n) is 8.45. The summed E-state index contributed by atoms with van der Waals surface area (Å²) in [6.07, 6.45) is 1.05. The molecule has 1 N–H and O–H groups in total. The normalized spacial score (nSPS) is 11.1. The highest BCUT2D eigenvalue weighted by molar-refractivity contribution is 5.91. The van der Waals surface area contributed by atoms with Crippen molar-refractivity contribution in [3.05, 3.63) is 53.6 Å². The molecule has 0 unspecified atom stereocenters. The van der Waals surface area contributed by atoms with E-state index < -0.39 is 0 Å². The van der Waals surface area contributed by atoms with Crippen LogP contribution < -0.4 is 14.8 Å². The van der Waals surface area contributed by atoms with Gasteiger partial charge in [0.2, 0.25) is 5.91 Å².